The lowest BCUT2D eigenvalue weighted by atomic mass is 10.1. The first-order chi connectivity index (χ1) is 11.1. The van der Waals surface area contributed by atoms with Crippen LogP contribution in [0.1, 0.15) is 30.1 Å². The molecule has 0 bridgehead atoms. The molecule has 1 fully saturated rings. The summed E-state index contributed by atoms with van der Waals surface area (Å²) < 4.78 is 1.93. The van der Waals surface area contributed by atoms with Crippen molar-refractivity contribution in [1.29, 1.82) is 0 Å². The maximum absolute atomic E-state index is 12.6. The molecular formula is C17H22N4O2. The predicted octanol–water partition coefficient (Wildman–Crippen LogP) is 1.66. The Hall–Kier alpha value is -2.37. The van der Waals surface area contributed by atoms with Crippen LogP contribution in [0.5, 0.6) is 0 Å². The number of aromatic nitrogens is 2. The van der Waals surface area contributed by atoms with Gasteiger partial charge < -0.3 is 14.4 Å². The molecule has 0 aliphatic carbocycles. The number of carbonyl (C=O) groups excluding carboxylic acids is 2. The molecule has 2 heterocycles. The van der Waals surface area contributed by atoms with Crippen molar-refractivity contribution in [3.63, 3.8) is 0 Å². The fourth-order valence-corrected chi connectivity index (χ4v) is 2.98. The van der Waals surface area contributed by atoms with Gasteiger partial charge in [0.15, 0.2) is 0 Å². The van der Waals surface area contributed by atoms with E-state index in [4.69, 9.17) is 0 Å². The molecule has 1 aliphatic heterocycles. The average molecular weight is 314 g/mol. The molecule has 0 saturated carbocycles. The molecule has 2 aromatic rings. The number of benzene rings is 1. The summed E-state index contributed by atoms with van der Waals surface area (Å²) in [7, 11) is 1.93. The fraction of sp³-hybridized carbons (Fsp3) is 0.471. The van der Waals surface area contributed by atoms with Crippen LogP contribution in [0, 0.1) is 0 Å². The van der Waals surface area contributed by atoms with E-state index in [0.717, 1.165) is 17.5 Å². The molecule has 6 heteroatoms. The number of aryl methyl sites for hydroxylation is 1. The summed E-state index contributed by atoms with van der Waals surface area (Å²) in [5, 5.41) is 0. The third kappa shape index (κ3) is 3.06. The molecule has 1 aromatic heterocycles. The summed E-state index contributed by atoms with van der Waals surface area (Å²) in [5.41, 5.74) is 2.50. The first-order valence-electron chi connectivity index (χ1n) is 8.08. The highest BCUT2D eigenvalue weighted by Gasteiger charge is 2.24. The Bertz CT molecular complexity index is 729. The molecule has 1 aliphatic rings. The number of nitrogens with zero attached hydrogens (tertiary/aromatic N) is 4. The van der Waals surface area contributed by atoms with Gasteiger partial charge in [0.1, 0.15) is 0 Å². The van der Waals surface area contributed by atoms with E-state index in [1.807, 2.05) is 46.5 Å². The van der Waals surface area contributed by atoms with Gasteiger partial charge in [0, 0.05) is 45.2 Å². The van der Waals surface area contributed by atoms with Gasteiger partial charge in [-0.2, -0.15) is 0 Å². The molecule has 3 rings (SSSR count). The molecule has 6 nitrogen and oxygen atoms in total. The Kier molecular flexibility index (Phi) is 4.32. The molecule has 23 heavy (non-hydrogen) atoms. The first kappa shape index (κ1) is 15.5. The lowest BCUT2D eigenvalue weighted by Gasteiger charge is -2.34. The van der Waals surface area contributed by atoms with Gasteiger partial charge in [-0.3, -0.25) is 9.59 Å². The number of hydrogen-bond acceptors (Lipinski definition) is 3. The van der Waals surface area contributed by atoms with Gasteiger partial charge in [-0.15, -0.1) is 0 Å². The molecule has 2 amide bonds. The van der Waals surface area contributed by atoms with E-state index >= 15 is 0 Å². The highest BCUT2D eigenvalue weighted by atomic mass is 16.2. The Labute approximate surface area is 135 Å². The van der Waals surface area contributed by atoms with Crippen molar-refractivity contribution in [2.75, 3.05) is 26.2 Å². The summed E-state index contributed by atoms with van der Waals surface area (Å²) >= 11 is 0. The van der Waals surface area contributed by atoms with Crippen LogP contribution in [0.15, 0.2) is 24.5 Å². The highest BCUT2D eigenvalue weighted by molar-refractivity contribution is 5.97. The summed E-state index contributed by atoms with van der Waals surface area (Å²) in [6.45, 7) is 4.43. The molecule has 122 valence electrons. The van der Waals surface area contributed by atoms with Crippen LogP contribution in [-0.4, -0.2) is 57.3 Å². The molecule has 0 unspecified atom stereocenters. The standard InChI is InChI=1S/C17H22N4O2/c1-3-4-16(22)20-7-9-21(10-8-20)17(23)13-5-6-15-14(11-13)18-12-19(15)2/h5-6,11-12H,3-4,7-10H2,1-2H3. The number of rotatable bonds is 3. The molecule has 0 N–H and O–H groups in total. The zero-order valence-corrected chi connectivity index (χ0v) is 13.7. The van der Waals surface area contributed by atoms with Crippen LogP contribution in [0.4, 0.5) is 0 Å². The average Bonchev–Trinajstić information content (AvgIpc) is 2.95. The van der Waals surface area contributed by atoms with Crippen molar-refractivity contribution in [3.05, 3.63) is 30.1 Å². The normalized spacial score (nSPS) is 15.2. The van der Waals surface area contributed by atoms with Gasteiger partial charge in [-0.1, -0.05) is 6.92 Å². The van der Waals surface area contributed by atoms with E-state index in [1.165, 1.54) is 0 Å². The van der Waals surface area contributed by atoms with E-state index < -0.39 is 0 Å². The number of imidazole rings is 1. The van der Waals surface area contributed by atoms with Crippen LogP contribution in [0.3, 0.4) is 0 Å². The molecule has 1 saturated heterocycles. The lowest BCUT2D eigenvalue weighted by Crippen LogP contribution is -2.50. The van der Waals surface area contributed by atoms with Crippen LogP contribution in [0.25, 0.3) is 11.0 Å². The van der Waals surface area contributed by atoms with Crippen molar-refractivity contribution in [1.82, 2.24) is 19.4 Å². The minimum absolute atomic E-state index is 0.0140. The molecule has 0 spiro atoms. The van der Waals surface area contributed by atoms with Gasteiger partial charge in [-0.05, 0) is 24.6 Å². The second-order valence-corrected chi connectivity index (χ2v) is 5.98. The van der Waals surface area contributed by atoms with Crippen LogP contribution < -0.4 is 0 Å². The minimum Gasteiger partial charge on any atom is -0.339 e. The Morgan fingerprint density at radius 3 is 2.52 bits per heavy atom. The van der Waals surface area contributed by atoms with Crippen LogP contribution in [0.2, 0.25) is 0 Å². The summed E-state index contributed by atoms with van der Waals surface area (Å²) in [6.07, 6.45) is 3.20. The monoisotopic (exact) mass is 314 g/mol. The van der Waals surface area contributed by atoms with Gasteiger partial charge in [-0.25, -0.2) is 4.98 Å². The maximum atomic E-state index is 12.6. The smallest absolute Gasteiger partial charge is 0.254 e. The largest absolute Gasteiger partial charge is 0.339 e. The van der Waals surface area contributed by atoms with E-state index in [1.54, 1.807) is 6.33 Å². The van der Waals surface area contributed by atoms with Gasteiger partial charge in [0.2, 0.25) is 5.91 Å². The van der Waals surface area contributed by atoms with Gasteiger partial charge in [0.05, 0.1) is 17.4 Å². The van der Waals surface area contributed by atoms with Crippen molar-refractivity contribution >= 4 is 22.8 Å². The summed E-state index contributed by atoms with van der Waals surface area (Å²) in [4.78, 5) is 32.5. The SMILES string of the molecule is CCCC(=O)N1CCN(C(=O)c2ccc3c(c2)ncn3C)CC1. The number of piperazine rings is 1. The molecule has 0 atom stereocenters. The zero-order valence-electron chi connectivity index (χ0n) is 13.7. The topological polar surface area (TPSA) is 58.4 Å². The second-order valence-electron chi connectivity index (χ2n) is 5.98. The third-order valence-corrected chi connectivity index (χ3v) is 4.36. The highest BCUT2D eigenvalue weighted by Crippen LogP contribution is 2.16. The van der Waals surface area contributed by atoms with Crippen LogP contribution in [-0.2, 0) is 11.8 Å². The quantitative estimate of drug-likeness (QED) is 0.866. The van der Waals surface area contributed by atoms with Gasteiger partial charge in [0.25, 0.3) is 5.91 Å². The molecule has 1 aromatic carbocycles. The van der Waals surface area contributed by atoms with E-state index in [0.29, 0.717) is 38.2 Å². The fourth-order valence-electron chi connectivity index (χ4n) is 2.98. The van der Waals surface area contributed by atoms with E-state index in [-0.39, 0.29) is 11.8 Å². The zero-order chi connectivity index (χ0) is 16.4. The van der Waals surface area contributed by atoms with Crippen molar-refractivity contribution in [3.8, 4) is 0 Å². The first-order valence-corrected chi connectivity index (χ1v) is 8.08. The van der Waals surface area contributed by atoms with E-state index in [2.05, 4.69) is 4.98 Å². The van der Waals surface area contributed by atoms with Crippen molar-refractivity contribution in [2.24, 2.45) is 7.05 Å². The van der Waals surface area contributed by atoms with Gasteiger partial charge >= 0.3 is 0 Å². The number of amides is 2. The lowest BCUT2D eigenvalue weighted by molar-refractivity contribution is -0.132. The Morgan fingerprint density at radius 1 is 1.13 bits per heavy atom. The van der Waals surface area contributed by atoms with Crippen LogP contribution >= 0.6 is 0 Å². The Morgan fingerprint density at radius 2 is 1.83 bits per heavy atom. The van der Waals surface area contributed by atoms with Crippen molar-refractivity contribution < 1.29 is 9.59 Å². The maximum Gasteiger partial charge on any atom is 0.254 e. The number of fused-ring (bicyclic) bond motifs is 1. The minimum atomic E-state index is 0.0140. The number of hydrogen-bond donors (Lipinski definition) is 0. The second kappa shape index (κ2) is 6.40. The Balaban J connectivity index is 1.67. The predicted molar refractivity (Wildman–Crippen MR) is 88.1 cm³/mol. The van der Waals surface area contributed by atoms with Crippen molar-refractivity contribution in [2.45, 2.75) is 19.8 Å². The van der Waals surface area contributed by atoms with E-state index in [9.17, 15) is 9.59 Å². The number of carbonyl (C=O) groups is 2. The third-order valence-electron chi connectivity index (χ3n) is 4.36. The molecular weight excluding hydrogens is 292 g/mol. The summed E-state index contributed by atoms with van der Waals surface area (Å²) in [6, 6.07) is 5.61. The summed E-state index contributed by atoms with van der Waals surface area (Å²) in [5.74, 6) is 0.203. The molecule has 0 radical (unpaired) electrons.